The minimum Gasteiger partial charge on any atom is -0.353 e. The van der Waals surface area contributed by atoms with Gasteiger partial charge in [0.15, 0.2) is 0 Å². The van der Waals surface area contributed by atoms with Crippen LogP contribution in [0.4, 0.5) is 0 Å². The third-order valence-electron chi connectivity index (χ3n) is 2.96. The molecule has 0 radical (unpaired) electrons. The van der Waals surface area contributed by atoms with Crippen LogP contribution in [0.25, 0.3) is 0 Å². The first kappa shape index (κ1) is 14.8. The van der Waals surface area contributed by atoms with Gasteiger partial charge in [-0.1, -0.05) is 0 Å². The number of nitrogens with zero attached hydrogens (tertiary/aromatic N) is 1. The van der Waals surface area contributed by atoms with Gasteiger partial charge in [-0.2, -0.15) is 11.8 Å². The Balaban J connectivity index is 2.18. The smallest absolute Gasteiger partial charge is 0.234 e. The van der Waals surface area contributed by atoms with Gasteiger partial charge in [-0.05, 0) is 44.9 Å². The van der Waals surface area contributed by atoms with Crippen molar-refractivity contribution in [2.75, 3.05) is 44.7 Å². The molecule has 2 N–H and O–H groups in total. The molecule has 17 heavy (non-hydrogen) atoms. The molecule has 0 aromatic heterocycles. The molecule has 0 aliphatic carbocycles. The molecule has 1 rings (SSSR count). The van der Waals surface area contributed by atoms with Gasteiger partial charge in [0.25, 0.3) is 0 Å². The normalized spacial score (nSPS) is 19.6. The third-order valence-corrected chi connectivity index (χ3v) is 3.61. The molecule has 0 spiro atoms. The summed E-state index contributed by atoms with van der Waals surface area (Å²) >= 11 is 1.83. The predicted molar refractivity (Wildman–Crippen MR) is 74.5 cm³/mol. The quantitative estimate of drug-likeness (QED) is 0.731. The maximum Gasteiger partial charge on any atom is 0.234 e. The second-order valence-electron chi connectivity index (χ2n) is 4.63. The highest BCUT2D eigenvalue weighted by Gasteiger charge is 2.13. The summed E-state index contributed by atoms with van der Waals surface area (Å²) in [6, 6.07) is 0.292. The maximum atomic E-state index is 11.8. The molecule has 100 valence electrons. The Kier molecular flexibility index (Phi) is 7.64. The van der Waals surface area contributed by atoms with E-state index in [1.165, 1.54) is 0 Å². The van der Waals surface area contributed by atoms with Crippen molar-refractivity contribution >= 4 is 17.7 Å². The molecule has 0 saturated carbocycles. The van der Waals surface area contributed by atoms with Crippen LogP contribution in [0.3, 0.4) is 0 Å². The molecule has 0 aromatic rings. The summed E-state index contributed by atoms with van der Waals surface area (Å²) in [7, 11) is 0. The van der Waals surface area contributed by atoms with Gasteiger partial charge in [0.1, 0.15) is 0 Å². The van der Waals surface area contributed by atoms with Crippen LogP contribution in [-0.4, -0.2) is 61.6 Å². The average molecular weight is 259 g/mol. The highest BCUT2D eigenvalue weighted by atomic mass is 32.2. The Labute approximate surface area is 109 Å². The molecular weight excluding hydrogens is 234 g/mol. The number of rotatable bonds is 6. The van der Waals surface area contributed by atoms with E-state index in [9.17, 15) is 4.79 Å². The van der Waals surface area contributed by atoms with Gasteiger partial charge in [0.2, 0.25) is 5.91 Å². The molecule has 5 heteroatoms. The Morgan fingerprint density at radius 3 is 3.06 bits per heavy atom. The van der Waals surface area contributed by atoms with E-state index in [1.807, 2.05) is 11.8 Å². The summed E-state index contributed by atoms with van der Waals surface area (Å²) in [5.74, 6) is 1.27. The number of hydrogen-bond donors (Lipinski definition) is 2. The second kappa shape index (κ2) is 8.78. The van der Waals surface area contributed by atoms with Crippen LogP contribution in [0.1, 0.15) is 19.8 Å². The largest absolute Gasteiger partial charge is 0.353 e. The van der Waals surface area contributed by atoms with Crippen molar-refractivity contribution in [3.8, 4) is 0 Å². The summed E-state index contributed by atoms with van der Waals surface area (Å²) in [5, 5.41) is 6.41. The molecule has 1 aliphatic heterocycles. The molecule has 4 nitrogen and oxygen atoms in total. The van der Waals surface area contributed by atoms with Gasteiger partial charge < -0.3 is 10.6 Å². The SMILES string of the molecule is CSCCC(C)NC(=O)CN1CCCNCC1. The number of thioether (sulfide) groups is 1. The lowest BCUT2D eigenvalue weighted by atomic mass is 10.2. The lowest BCUT2D eigenvalue weighted by Gasteiger charge is -2.20. The maximum absolute atomic E-state index is 11.8. The van der Waals surface area contributed by atoms with Gasteiger partial charge in [-0.3, -0.25) is 9.69 Å². The predicted octanol–water partition coefficient (Wildman–Crippen LogP) is 0.540. The van der Waals surface area contributed by atoms with Gasteiger partial charge in [0, 0.05) is 19.1 Å². The van der Waals surface area contributed by atoms with E-state index >= 15 is 0 Å². The van der Waals surface area contributed by atoms with Crippen molar-refractivity contribution in [3.63, 3.8) is 0 Å². The summed E-state index contributed by atoms with van der Waals surface area (Å²) in [6.07, 6.45) is 4.28. The fourth-order valence-corrected chi connectivity index (χ4v) is 2.54. The van der Waals surface area contributed by atoms with Crippen LogP contribution in [-0.2, 0) is 4.79 Å². The Morgan fingerprint density at radius 1 is 1.47 bits per heavy atom. The Hall–Kier alpha value is -0.260. The van der Waals surface area contributed by atoms with E-state index in [1.54, 1.807) is 0 Å². The van der Waals surface area contributed by atoms with Crippen LogP contribution in [0.15, 0.2) is 0 Å². The molecule has 1 unspecified atom stereocenters. The van der Waals surface area contributed by atoms with Crippen LogP contribution < -0.4 is 10.6 Å². The number of carbonyl (C=O) groups excluding carboxylic acids is 1. The van der Waals surface area contributed by atoms with Crippen LogP contribution >= 0.6 is 11.8 Å². The fourth-order valence-electron chi connectivity index (χ4n) is 1.95. The number of carbonyl (C=O) groups is 1. The molecule has 1 amide bonds. The molecule has 1 heterocycles. The van der Waals surface area contributed by atoms with Crippen LogP contribution in [0.5, 0.6) is 0 Å². The lowest BCUT2D eigenvalue weighted by molar-refractivity contribution is -0.122. The molecule has 1 fully saturated rings. The lowest BCUT2D eigenvalue weighted by Crippen LogP contribution is -2.42. The summed E-state index contributed by atoms with van der Waals surface area (Å²) in [6.45, 7) is 6.70. The van der Waals surface area contributed by atoms with E-state index in [0.717, 1.165) is 44.8 Å². The van der Waals surface area contributed by atoms with Gasteiger partial charge in [-0.15, -0.1) is 0 Å². The zero-order valence-electron chi connectivity index (χ0n) is 11.0. The number of nitrogens with one attached hydrogen (secondary N) is 2. The van der Waals surface area contributed by atoms with Gasteiger partial charge >= 0.3 is 0 Å². The molecule has 1 aliphatic rings. The van der Waals surface area contributed by atoms with Crippen molar-refractivity contribution < 1.29 is 4.79 Å². The van der Waals surface area contributed by atoms with Crippen molar-refractivity contribution in [2.24, 2.45) is 0 Å². The van der Waals surface area contributed by atoms with E-state index in [-0.39, 0.29) is 5.91 Å². The number of amides is 1. The summed E-state index contributed by atoms with van der Waals surface area (Å²) in [4.78, 5) is 14.0. The van der Waals surface area contributed by atoms with E-state index < -0.39 is 0 Å². The van der Waals surface area contributed by atoms with Crippen molar-refractivity contribution in [1.82, 2.24) is 15.5 Å². The zero-order chi connectivity index (χ0) is 12.5. The van der Waals surface area contributed by atoms with Crippen LogP contribution in [0.2, 0.25) is 0 Å². The molecule has 1 atom stereocenters. The zero-order valence-corrected chi connectivity index (χ0v) is 11.8. The molecule has 1 saturated heterocycles. The minimum atomic E-state index is 0.167. The monoisotopic (exact) mass is 259 g/mol. The van der Waals surface area contributed by atoms with E-state index in [4.69, 9.17) is 0 Å². The van der Waals surface area contributed by atoms with Crippen molar-refractivity contribution in [1.29, 1.82) is 0 Å². The van der Waals surface area contributed by atoms with Crippen molar-refractivity contribution in [2.45, 2.75) is 25.8 Å². The van der Waals surface area contributed by atoms with Gasteiger partial charge in [-0.25, -0.2) is 0 Å². The topological polar surface area (TPSA) is 44.4 Å². The second-order valence-corrected chi connectivity index (χ2v) is 5.62. The molecular formula is C12H25N3OS. The minimum absolute atomic E-state index is 0.167. The highest BCUT2D eigenvalue weighted by molar-refractivity contribution is 7.98. The van der Waals surface area contributed by atoms with Crippen LogP contribution in [0, 0.1) is 0 Å². The first-order valence-electron chi connectivity index (χ1n) is 6.43. The number of hydrogen-bond acceptors (Lipinski definition) is 4. The Bertz CT molecular complexity index is 218. The van der Waals surface area contributed by atoms with Crippen molar-refractivity contribution in [3.05, 3.63) is 0 Å². The summed E-state index contributed by atoms with van der Waals surface area (Å²) in [5.41, 5.74) is 0. The molecule has 0 bridgehead atoms. The first-order valence-corrected chi connectivity index (χ1v) is 7.83. The fraction of sp³-hybridized carbons (Fsp3) is 0.917. The standard InChI is InChI=1S/C12H25N3OS/c1-11(4-9-17-2)14-12(16)10-15-7-3-5-13-6-8-15/h11,13H,3-10H2,1-2H3,(H,14,16). The first-order chi connectivity index (χ1) is 8.22. The third kappa shape index (κ3) is 6.91. The molecule has 0 aromatic carbocycles. The summed E-state index contributed by atoms with van der Waals surface area (Å²) < 4.78 is 0. The van der Waals surface area contributed by atoms with E-state index in [0.29, 0.717) is 12.6 Å². The average Bonchev–Trinajstić information content (AvgIpc) is 2.54. The van der Waals surface area contributed by atoms with Gasteiger partial charge in [0.05, 0.1) is 6.54 Å². The Morgan fingerprint density at radius 2 is 2.29 bits per heavy atom. The van der Waals surface area contributed by atoms with E-state index in [2.05, 4.69) is 28.7 Å². The highest BCUT2D eigenvalue weighted by Crippen LogP contribution is 2.00.